The van der Waals surface area contributed by atoms with Crippen LogP contribution in [-0.4, -0.2) is 6.61 Å². The van der Waals surface area contributed by atoms with E-state index in [-0.39, 0.29) is 0 Å². The zero-order valence-corrected chi connectivity index (χ0v) is 32.9. The van der Waals surface area contributed by atoms with Gasteiger partial charge in [0.05, 0.1) is 6.61 Å². The molecule has 0 saturated heterocycles. The van der Waals surface area contributed by atoms with Crippen LogP contribution in [0.1, 0.15) is 23.3 Å². The van der Waals surface area contributed by atoms with Crippen LogP contribution in [-0.2, 0) is 12.8 Å². The van der Waals surface area contributed by atoms with Gasteiger partial charge in [0.25, 0.3) is 0 Å². The predicted molar refractivity (Wildman–Crippen MR) is 246 cm³/mol. The molecule has 12 rings (SSSR count). The molecule has 0 saturated carbocycles. The number of anilines is 3. The Bertz CT molecular complexity index is 3280. The molecular weight excluding hydrogens is 735 g/mol. The maximum absolute atomic E-state index is 6.52. The Morgan fingerprint density at radius 1 is 0.417 bits per heavy atom. The largest absolute Gasteiger partial charge is 0.493 e. The van der Waals surface area contributed by atoms with Gasteiger partial charge in [-0.05, 0) is 88.3 Å². The maximum atomic E-state index is 6.52. The molecule has 2 aliphatic rings. The fourth-order valence-corrected chi connectivity index (χ4v) is 9.45. The third-order valence-corrected chi connectivity index (χ3v) is 12.3. The van der Waals surface area contributed by atoms with E-state index in [2.05, 4.69) is 175 Å². The van der Waals surface area contributed by atoms with Crippen LogP contribution in [0, 0.1) is 0 Å². The Hall–Kier alpha value is -7.56. The summed E-state index contributed by atoms with van der Waals surface area (Å²) in [6.45, 7) is 0.650. The molecule has 0 N–H and O–H groups in total. The molecule has 2 aromatic heterocycles. The molecule has 0 spiro atoms. The summed E-state index contributed by atoms with van der Waals surface area (Å²) in [4.78, 5) is 2.34. The minimum absolute atomic E-state index is 0.650. The molecule has 8 aromatic carbocycles. The third kappa shape index (κ3) is 5.67. The van der Waals surface area contributed by atoms with Crippen LogP contribution in [0.15, 0.2) is 191 Å². The van der Waals surface area contributed by atoms with Gasteiger partial charge in [-0.25, -0.2) is 0 Å². The molecule has 4 heteroatoms. The van der Waals surface area contributed by atoms with Crippen LogP contribution >= 0.6 is 0 Å². The van der Waals surface area contributed by atoms with Gasteiger partial charge in [0.1, 0.15) is 28.3 Å². The molecule has 286 valence electrons. The lowest BCUT2D eigenvalue weighted by atomic mass is 9.90. The summed E-state index contributed by atoms with van der Waals surface area (Å²) < 4.78 is 19.1. The van der Waals surface area contributed by atoms with E-state index in [4.69, 9.17) is 13.6 Å². The van der Waals surface area contributed by atoms with Gasteiger partial charge < -0.3 is 18.5 Å². The van der Waals surface area contributed by atoms with Crippen molar-refractivity contribution < 1.29 is 13.6 Å². The summed E-state index contributed by atoms with van der Waals surface area (Å²) in [7, 11) is 0. The van der Waals surface area contributed by atoms with Crippen molar-refractivity contribution in [2.75, 3.05) is 11.5 Å². The van der Waals surface area contributed by atoms with Crippen molar-refractivity contribution >= 4 is 56.0 Å². The van der Waals surface area contributed by atoms with Crippen LogP contribution in [0.4, 0.5) is 17.1 Å². The summed E-state index contributed by atoms with van der Waals surface area (Å²) in [6, 6.07) is 62.9. The maximum Gasteiger partial charge on any atom is 0.143 e. The highest BCUT2D eigenvalue weighted by molar-refractivity contribution is 6.09. The van der Waals surface area contributed by atoms with Gasteiger partial charge in [-0.15, -0.1) is 0 Å². The number of furan rings is 2. The van der Waals surface area contributed by atoms with Crippen LogP contribution < -0.4 is 9.64 Å². The molecule has 10 aromatic rings. The first-order valence-electron chi connectivity index (χ1n) is 20.8. The molecule has 1 aliphatic heterocycles. The van der Waals surface area contributed by atoms with Crippen molar-refractivity contribution in [3.63, 3.8) is 0 Å². The first kappa shape index (κ1) is 34.5. The lowest BCUT2D eigenvalue weighted by molar-refractivity contribution is 0.326. The number of aryl methyl sites for hydroxylation is 1. The van der Waals surface area contributed by atoms with E-state index in [9.17, 15) is 0 Å². The summed E-state index contributed by atoms with van der Waals surface area (Å²) in [5, 5.41) is 3.44. The van der Waals surface area contributed by atoms with E-state index in [1.165, 1.54) is 33.2 Å². The smallest absolute Gasteiger partial charge is 0.143 e. The van der Waals surface area contributed by atoms with Crippen molar-refractivity contribution in [3.8, 4) is 50.3 Å². The van der Waals surface area contributed by atoms with Gasteiger partial charge in [-0.3, -0.25) is 0 Å². The van der Waals surface area contributed by atoms with Gasteiger partial charge in [-0.1, -0.05) is 140 Å². The molecule has 4 nitrogen and oxygen atoms in total. The van der Waals surface area contributed by atoms with Gasteiger partial charge >= 0.3 is 0 Å². The van der Waals surface area contributed by atoms with Gasteiger partial charge in [-0.2, -0.15) is 0 Å². The number of nitrogens with zero attached hydrogens (tertiary/aromatic N) is 1. The van der Waals surface area contributed by atoms with E-state index in [0.29, 0.717) is 6.61 Å². The quantitative estimate of drug-likeness (QED) is 0.169. The third-order valence-electron chi connectivity index (χ3n) is 12.3. The van der Waals surface area contributed by atoms with E-state index in [1.54, 1.807) is 0 Å². The zero-order chi connectivity index (χ0) is 39.6. The molecule has 0 unspecified atom stereocenters. The Labute approximate surface area is 348 Å². The van der Waals surface area contributed by atoms with Crippen LogP contribution in [0.5, 0.6) is 5.75 Å². The second-order valence-corrected chi connectivity index (χ2v) is 15.7. The zero-order valence-electron chi connectivity index (χ0n) is 32.9. The summed E-state index contributed by atoms with van der Waals surface area (Å²) in [5.74, 6) is 2.03. The fourth-order valence-electron chi connectivity index (χ4n) is 9.45. The number of ether oxygens (including phenoxy) is 1. The second-order valence-electron chi connectivity index (χ2n) is 15.7. The molecule has 0 amide bonds. The van der Waals surface area contributed by atoms with Gasteiger partial charge in [0.2, 0.25) is 0 Å². The minimum atomic E-state index is 0.650. The van der Waals surface area contributed by atoms with Gasteiger partial charge in [0.15, 0.2) is 0 Å². The number of hydrogen-bond acceptors (Lipinski definition) is 4. The molecule has 0 fully saturated rings. The van der Waals surface area contributed by atoms with Crippen LogP contribution in [0.3, 0.4) is 0 Å². The minimum Gasteiger partial charge on any atom is -0.493 e. The molecule has 0 radical (unpaired) electrons. The Kier molecular flexibility index (Phi) is 8.09. The highest BCUT2D eigenvalue weighted by Gasteiger charge is 2.21. The average molecular weight is 774 g/mol. The number of rotatable bonds is 6. The lowest BCUT2D eigenvalue weighted by Gasteiger charge is -2.26. The molecule has 3 heterocycles. The molecule has 1 aliphatic carbocycles. The van der Waals surface area contributed by atoms with Crippen LogP contribution in [0.2, 0.25) is 0 Å². The van der Waals surface area contributed by atoms with Crippen molar-refractivity contribution in [2.45, 2.75) is 19.3 Å². The highest BCUT2D eigenvalue weighted by atomic mass is 16.5. The van der Waals surface area contributed by atoms with E-state index in [0.717, 1.165) is 103 Å². The highest BCUT2D eigenvalue weighted by Crippen LogP contribution is 2.43. The Balaban J connectivity index is 0.943. The topological polar surface area (TPSA) is 38.8 Å². The SMILES string of the molecule is C1=Cc2c(oc3c(-c4ccc(N(c5ccc(-c6cccc7c6CCOc6ccccc6-7)cc5)c5ccc(-c6cccc7c6oc6ccccc67)cc5)cc4)cccc23)CC1. The molecule has 60 heavy (non-hydrogen) atoms. The summed E-state index contributed by atoms with van der Waals surface area (Å²) >= 11 is 0. The first-order chi connectivity index (χ1) is 29.7. The van der Waals surface area contributed by atoms with Gasteiger partial charge in [0, 0.05) is 68.3 Å². The Morgan fingerprint density at radius 2 is 0.967 bits per heavy atom. The van der Waals surface area contributed by atoms with Crippen molar-refractivity contribution in [3.05, 3.63) is 199 Å². The van der Waals surface area contributed by atoms with Crippen molar-refractivity contribution in [1.82, 2.24) is 0 Å². The molecular formula is C56H39NO3. The number of para-hydroxylation sites is 4. The number of allylic oxidation sites excluding steroid dienone is 1. The average Bonchev–Trinajstić information content (AvgIpc) is 3.83. The second kappa shape index (κ2) is 14.1. The monoisotopic (exact) mass is 773 g/mol. The predicted octanol–water partition coefficient (Wildman–Crippen LogP) is 15.4. The standard InChI is InChI=1S/C56H39NO3/c1-4-19-52-47(10-1)45-16-7-13-42(46(45)34-35-58-52)36-22-28-39(29-23-36)57(40-30-24-37(25-31-40)43-14-8-17-50-48-11-2-5-20-53(48)59-55(43)50)41-32-26-38(27-33-41)44-15-9-18-51-49-12-3-6-21-54(49)60-56(44)51/h1-5,7-20,22-33H,6,21,34-35H2. The number of benzene rings is 8. The van der Waals surface area contributed by atoms with Crippen molar-refractivity contribution in [1.29, 1.82) is 0 Å². The van der Waals surface area contributed by atoms with E-state index >= 15 is 0 Å². The number of hydrogen-bond donors (Lipinski definition) is 0. The van der Waals surface area contributed by atoms with E-state index in [1.807, 2.05) is 18.2 Å². The summed E-state index contributed by atoms with van der Waals surface area (Å²) in [6.07, 6.45) is 7.26. The first-order valence-corrected chi connectivity index (χ1v) is 20.8. The summed E-state index contributed by atoms with van der Waals surface area (Å²) in [5.41, 5.74) is 17.7. The molecule has 0 bridgehead atoms. The van der Waals surface area contributed by atoms with Crippen molar-refractivity contribution in [2.24, 2.45) is 0 Å². The molecule has 0 atom stereocenters. The lowest BCUT2D eigenvalue weighted by Crippen LogP contribution is -2.10. The normalized spacial score (nSPS) is 13.1. The number of fused-ring (bicyclic) bond motifs is 9. The fraction of sp³-hybridized carbons (Fsp3) is 0.0714. The van der Waals surface area contributed by atoms with E-state index < -0.39 is 0 Å². The van der Waals surface area contributed by atoms with Crippen LogP contribution in [0.25, 0.3) is 83.5 Å². The Morgan fingerprint density at radius 3 is 1.70 bits per heavy atom.